The Bertz CT molecular complexity index is 633. The fourth-order valence-corrected chi connectivity index (χ4v) is 3.25. The summed E-state index contributed by atoms with van der Waals surface area (Å²) in [4.78, 5) is 3.98. The molecule has 1 heterocycles. The zero-order valence-electron chi connectivity index (χ0n) is 14.9. The van der Waals surface area contributed by atoms with Crippen LogP contribution in [0.2, 0.25) is 5.02 Å². The predicted molar refractivity (Wildman–Crippen MR) is 95.0 cm³/mol. The molecule has 6 heteroatoms. The number of aliphatic hydroxyl groups is 1. The highest BCUT2D eigenvalue weighted by Crippen LogP contribution is 2.39. The maximum absolute atomic E-state index is 11.0. The van der Waals surface area contributed by atoms with Crippen molar-refractivity contribution in [2.75, 3.05) is 0 Å². The molecule has 0 fully saturated rings. The summed E-state index contributed by atoms with van der Waals surface area (Å²) in [5.74, 6) is 0.616. The van der Waals surface area contributed by atoms with Crippen molar-refractivity contribution in [2.45, 2.75) is 53.4 Å². The van der Waals surface area contributed by atoms with Gasteiger partial charge in [0.05, 0.1) is 0 Å². The SMILES string of the molecule is CC(C)(C)CC(C)(C)C(O)C(Oc1ccc(Cl)cc1)n1cncn1. The van der Waals surface area contributed by atoms with Crippen molar-refractivity contribution in [1.82, 2.24) is 14.8 Å². The van der Waals surface area contributed by atoms with Gasteiger partial charge in [-0.15, -0.1) is 0 Å². The van der Waals surface area contributed by atoms with Crippen LogP contribution in [0.4, 0.5) is 0 Å². The molecule has 0 aliphatic heterocycles. The Kier molecular flexibility index (Phi) is 5.56. The van der Waals surface area contributed by atoms with Crippen molar-refractivity contribution in [3.63, 3.8) is 0 Å². The Labute approximate surface area is 148 Å². The zero-order chi connectivity index (χ0) is 18.0. The minimum atomic E-state index is -0.769. The molecule has 1 aromatic heterocycles. The average Bonchev–Trinajstić information content (AvgIpc) is 2.97. The standard InChI is InChI=1S/C18H26ClN3O2/c1-17(2,3)10-18(4,5)15(23)16(22-12-20-11-21-22)24-14-8-6-13(19)7-9-14/h6-9,11-12,15-16,23H,10H2,1-5H3. The fourth-order valence-electron chi connectivity index (χ4n) is 3.12. The van der Waals surface area contributed by atoms with E-state index in [0.29, 0.717) is 10.8 Å². The summed E-state index contributed by atoms with van der Waals surface area (Å²) in [5.41, 5.74) is -0.293. The molecule has 1 aromatic carbocycles. The van der Waals surface area contributed by atoms with Crippen molar-refractivity contribution in [3.8, 4) is 5.75 Å². The lowest BCUT2D eigenvalue weighted by Crippen LogP contribution is -2.42. The summed E-state index contributed by atoms with van der Waals surface area (Å²) in [6.07, 6.45) is 2.37. The smallest absolute Gasteiger partial charge is 0.219 e. The summed E-state index contributed by atoms with van der Waals surface area (Å²) in [6, 6.07) is 7.05. The number of hydrogen-bond acceptors (Lipinski definition) is 4. The Hall–Kier alpha value is -1.59. The first-order valence-corrected chi connectivity index (χ1v) is 8.41. The third-order valence-corrected chi connectivity index (χ3v) is 4.08. The van der Waals surface area contributed by atoms with Crippen molar-refractivity contribution >= 4 is 11.6 Å². The first-order valence-electron chi connectivity index (χ1n) is 8.03. The molecule has 0 saturated heterocycles. The van der Waals surface area contributed by atoms with Gasteiger partial charge in [0.25, 0.3) is 0 Å². The lowest BCUT2D eigenvalue weighted by Gasteiger charge is -2.39. The van der Waals surface area contributed by atoms with E-state index in [1.807, 2.05) is 13.8 Å². The Morgan fingerprint density at radius 2 is 1.79 bits per heavy atom. The fraction of sp³-hybridized carbons (Fsp3) is 0.556. The van der Waals surface area contributed by atoms with Crippen molar-refractivity contribution in [1.29, 1.82) is 0 Å². The largest absolute Gasteiger partial charge is 0.466 e. The van der Waals surface area contributed by atoms with Crippen LogP contribution < -0.4 is 4.74 Å². The number of benzene rings is 1. The van der Waals surface area contributed by atoms with Crippen molar-refractivity contribution in [2.24, 2.45) is 10.8 Å². The summed E-state index contributed by atoms with van der Waals surface area (Å²) in [7, 11) is 0. The average molecular weight is 352 g/mol. The van der Waals surface area contributed by atoms with Crippen LogP contribution >= 0.6 is 11.6 Å². The van der Waals surface area contributed by atoms with E-state index >= 15 is 0 Å². The van der Waals surface area contributed by atoms with Gasteiger partial charge in [0, 0.05) is 5.02 Å². The molecule has 0 aliphatic carbocycles. The van der Waals surface area contributed by atoms with Crippen LogP contribution in [0.1, 0.15) is 47.3 Å². The van der Waals surface area contributed by atoms with E-state index in [1.54, 1.807) is 35.3 Å². The molecule has 0 spiro atoms. The Morgan fingerprint density at radius 3 is 2.29 bits per heavy atom. The van der Waals surface area contributed by atoms with E-state index in [9.17, 15) is 5.11 Å². The third-order valence-electron chi connectivity index (χ3n) is 3.82. The molecule has 0 amide bonds. The van der Waals surface area contributed by atoms with Crippen LogP contribution in [-0.4, -0.2) is 26.0 Å². The first kappa shape index (κ1) is 18.7. The molecule has 0 bridgehead atoms. The minimum absolute atomic E-state index is 0.0810. The quantitative estimate of drug-likeness (QED) is 0.841. The lowest BCUT2D eigenvalue weighted by atomic mass is 9.72. The highest BCUT2D eigenvalue weighted by molar-refractivity contribution is 6.30. The second-order valence-corrected chi connectivity index (χ2v) is 8.45. The van der Waals surface area contributed by atoms with Gasteiger partial charge in [-0.3, -0.25) is 0 Å². The van der Waals surface area contributed by atoms with Gasteiger partial charge in [0.15, 0.2) is 0 Å². The molecule has 0 aliphatic rings. The maximum atomic E-state index is 11.0. The molecule has 0 saturated carbocycles. The van der Waals surface area contributed by atoms with E-state index < -0.39 is 12.3 Å². The van der Waals surface area contributed by atoms with Gasteiger partial charge >= 0.3 is 0 Å². The van der Waals surface area contributed by atoms with Gasteiger partial charge in [-0.25, -0.2) is 9.67 Å². The number of ether oxygens (including phenoxy) is 1. The zero-order valence-corrected chi connectivity index (χ0v) is 15.7. The first-order chi connectivity index (χ1) is 11.1. The molecule has 2 aromatic rings. The maximum Gasteiger partial charge on any atom is 0.219 e. The van der Waals surface area contributed by atoms with Gasteiger partial charge < -0.3 is 9.84 Å². The van der Waals surface area contributed by atoms with Crippen LogP contribution in [0.15, 0.2) is 36.9 Å². The van der Waals surface area contributed by atoms with Crippen LogP contribution in [0, 0.1) is 10.8 Å². The van der Waals surface area contributed by atoms with Crippen LogP contribution in [0.5, 0.6) is 5.75 Å². The number of rotatable bonds is 6. The summed E-state index contributed by atoms with van der Waals surface area (Å²) in [6.45, 7) is 10.6. The Morgan fingerprint density at radius 1 is 1.17 bits per heavy atom. The van der Waals surface area contributed by atoms with Crippen molar-refractivity contribution < 1.29 is 9.84 Å². The minimum Gasteiger partial charge on any atom is -0.466 e. The van der Waals surface area contributed by atoms with E-state index in [0.717, 1.165) is 6.42 Å². The van der Waals surface area contributed by atoms with Crippen LogP contribution in [0.3, 0.4) is 0 Å². The highest BCUT2D eigenvalue weighted by atomic mass is 35.5. The Balaban J connectivity index is 2.27. The van der Waals surface area contributed by atoms with Gasteiger partial charge in [-0.05, 0) is 41.5 Å². The number of hydrogen-bond donors (Lipinski definition) is 1. The lowest BCUT2D eigenvalue weighted by molar-refractivity contribution is -0.0905. The molecule has 2 unspecified atom stereocenters. The third kappa shape index (κ3) is 4.95. The number of aliphatic hydroxyl groups excluding tert-OH is 1. The second kappa shape index (κ2) is 7.11. The van der Waals surface area contributed by atoms with Crippen molar-refractivity contribution in [3.05, 3.63) is 41.9 Å². The van der Waals surface area contributed by atoms with E-state index in [4.69, 9.17) is 16.3 Å². The van der Waals surface area contributed by atoms with Crippen LogP contribution in [-0.2, 0) is 0 Å². The topological polar surface area (TPSA) is 60.2 Å². The van der Waals surface area contributed by atoms with Gasteiger partial charge in [-0.1, -0.05) is 46.2 Å². The summed E-state index contributed by atoms with van der Waals surface area (Å²) >= 11 is 5.92. The molecule has 0 radical (unpaired) electrons. The molecule has 1 N–H and O–H groups in total. The summed E-state index contributed by atoms with van der Waals surface area (Å²) in [5, 5.41) is 15.8. The molecular weight excluding hydrogens is 326 g/mol. The van der Waals surface area contributed by atoms with Gasteiger partial charge in [-0.2, -0.15) is 5.10 Å². The molecule has 5 nitrogen and oxygen atoms in total. The second-order valence-electron chi connectivity index (χ2n) is 8.01. The summed E-state index contributed by atoms with van der Waals surface area (Å²) < 4.78 is 7.57. The molecule has 24 heavy (non-hydrogen) atoms. The molecule has 2 rings (SSSR count). The van der Waals surface area contributed by atoms with E-state index in [-0.39, 0.29) is 10.8 Å². The number of halogens is 1. The van der Waals surface area contributed by atoms with E-state index in [2.05, 4.69) is 30.9 Å². The van der Waals surface area contributed by atoms with Gasteiger partial charge in [0.2, 0.25) is 6.23 Å². The normalized spacial score (nSPS) is 15.1. The molecular formula is C18H26ClN3O2. The number of nitrogens with zero attached hydrogens (tertiary/aromatic N) is 3. The molecule has 2 atom stereocenters. The van der Waals surface area contributed by atoms with Gasteiger partial charge in [0.1, 0.15) is 24.5 Å². The number of aromatic nitrogens is 3. The monoisotopic (exact) mass is 351 g/mol. The highest BCUT2D eigenvalue weighted by Gasteiger charge is 2.39. The molecule has 132 valence electrons. The predicted octanol–water partition coefficient (Wildman–Crippen LogP) is 4.33. The van der Waals surface area contributed by atoms with Crippen LogP contribution in [0.25, 0.3) is 0 Å². The van der Waals surface area contributed by atoms with E-state index in [1.165, 1.54) is 6.33 Å².